The van der Waals surface area contributed by atoms with Gasteiger partial charge in [-0.3, -0.25) is 4.79 Å². The Hall–Kier alpha value is -3.61. The van der Waals surface area contributed by atoms with Gasteiger partial charge in [-0.25, -0.2) is 9.97 Å². The molecule has 7 heteroatoms. The number of H-pyrrole nitrogens is 1. The lowest BCUT2D eigenvalue weighted by molar-refractivity contribution is 0.0950. The van der Waals surface area contributed by atoms with Crippen molar-refractivity contribution in [1.82, 2.24) is 24.7 Å². The van der Waals surface area contributed by atoms with Crippen molar-refractivity contribution >= 4 is 11.6 Å². The van der Waals surface area contributed by atoms with E-state index in [2.05, 4.69) is 20.3 Å². The highest BCUT2D eigenvalue weighted by Gasteiger charge is 2.28. The quantitative estimate of drug-likeness (QED) is 0.578. The van der Waals surface area contributed by atoms with Gasteiger partial charge in [-0.15, -0.1) is 0 Å². The zero-order chi connectivity index (χ0) is 19.1. The summed E-state index contributed by atoms with van der Waals surface area (Å²) in [5, 5.41) is 2.99. The fourth-order valence-electron chi connectivity index (χ4n) is 3.76. The first-order chi connectivity index (χ1) is 13.7. The van der Waals surface area contributed by atoms with Crippen molar-refractivity contribution in [2.24, 2.45) is 0 Å². The van der Waals surface area contributed by atoms with Crippen molar-refractivity contribution in [3.63, 3.8) is 0 Å². The standard InChI is InChI=1S/C21H19N5O2/c1-28-17-7-3-2-6-14(17)13-10-15-19(21(27)22-11-13)25-20(24-15)16-12-26-9-5-4-8-18(26)23-16/h2-9,12-13H,10-11H2,1H3,(H,22,27)(H,24,25)/t13-/m1/s1. The molecule has 1 aliphatic heterocycles. The average Bonchev–Trinajstić information content (AvgIpc) is 3.31. The molecule has 1 aliphatic rings. The predicted molar refractivity (Wildman–Crippen MR) is 105 cm³/mol. The maximum Gasteiger partial charge on any atom is 0.271 e. The number of aromatic amines is 1. The lowest BCUT2D eigenvalue weighted by Gasteiger charge is -2.17. The molecule has 28 heavy (non-hydrogen) atoms. The lowest BCUT2D eigenvalue weighted by atomic mass is 9.93. The van der Waals surface area contributed by atoms with E-state index in [0.717, 1.165) is 22.7 Å². The molecule has 0 saturated carbocycles. The number of benzene rings is 1. The second-order valence-electron chi connectivity index (χ2n) is 6.86. The first kappa shape index (κ1) is 16.6. The van der Waals surface area contributed by atoms with E-state index in [4.69, 9.17) is 4.74 Å². The number of rotatable bonds is 3. The zero-order valence-electron chi connectivity index (χ0n) is 15.3. The molecule has 0 radical (unpaired) electrons. The Bertz CT molecular complexity index is 1140. The third-order valence-corrected chi connectivity index (χ3v) is 5.14. The number of ether oxygens (including phenoxy) is 1. The summed E-state index contributed by atoms with van der Waals surface area (Å²) in [6.07, 6.45) is 4.50. The molecule has 4 heterocycles. The normalized spacial score (nSPS) is 16.5. The third kappa shape index (κ3) is 2.72. The van der Waals surface area contributed by atoms with Crippen molar-refractivity contribution in [2.45, 2.75) is 12.3 Å². The Balaban J connectivity index is 1.54. The summed E-state index contributed by atoms with van der Waals surface area (Å²) in [7, 11) is 1.66. The molecule has 5 rings (SSSR count). The molecule has 0 saturated heterocycles. The van der Waals surface area contributed by atoms with Crippen molar-refractivity contribution in [2.75, 3.05) is 13.7 Å². The van der Waals surface area contributed by atoms with E-state index in [0.29, 0.717) is 30.2 Å². The van der Waals surface area contributed by atoms with Crippen LogP contribution in [-0.4, -0.2) is 38.9 Å². The Morgan fingerprint density at radius 1 is 1.14 bits per heavy atom. The number of carbonyl (C=O) groups is 1. The number of amides is 1. The largest absolute Gasteiger partial charge is 0.496 e. The topological polar surface area (TPSA) is 84.3 Å². The van der Waals surface area contributed by atoms with Crippen LogP contribution in [0.3, 0.4) is 0 Å². The Labute approximate surface area is 161 Å². The van der Waals surface area contributed by atoms with Crippen LogP contribution in [0.1, 0.15) is 27.7 Å². The van der Waals surface area contributed by atoms with Crippen molar-refractivity contribution in [1.29, 1.82) is 0 Å². The van der Waals surface area contributed by atoms with E-state index >= 15 is 0 Å². The van der Waals surface area contributed by atoms with Gasteiger partial charge in [0, 0.05) is 30.6 Å². The van der Waals surface area contributed by atoms with Gasteiger partial charge in [-0.2, -0.15) is 0 Å². The number of hydrogen-bond donors (Lipinski definition) is 2. The minimum Gasteiger partial charge on any atom is -0.496 e. The van der Waals surface area contributed by atoms with Gasteiger partial charge >= 0.3 is 0 Å². The van der Waals surface area contributed by atoms with Gasteiger partial charge in [-0.1, -0.05) is 24.3 Å². The maximum atomic E-state index is 12.6. The van der Waals surface area contributed by atoms with Gasteiger partial charge in [0.25, 0.3) is 5.91 Å². The summed E-state index contributed by atoms with van der Waals surface area (Å²) in [4.78, 5) is 25.1. The SMILES string of the molecule is COc1ccccc1[C@H]1CNC(=O)c2nc(-c3cn4ccccc4n3)[nH]c2C1. The second-order valence-corrected chi connectivity index (χ2v) is 6.86. The minimum atomic E-state index is -0.168. The van der Waals surface area contributed by atoms with Gasteiger partial charge in [0.05, 0.1) is 7.11 Å². The van der Waals surface area contributed by atoms with Crippen LogP contribution >= 0.6 is 0 Å². The molecule has 7 nitrogen and oxygen atoms in total. The molecule has 0 unspecified atom stereocenters. The number of imidazole rings is 2. The molecular weight excluding hydrogens is 354 g/mol. The highest BCUT2D eigenvalue weighted by Crippen LogP contribution is 2.31. The van der Waals surface area contributed by atoms with Crippen LogP contribution < -0.4 is 10.1 Å². The molecule has 140 valence electrons. The predicted octanol–water partition coefficient (Wildman–Crippen LogP) is 2.80. The van der Waals surface area contributed by atoms with Crippen LogP contribution in [0.2, 0.25) is 0 Å². The highest BCUT2D eigenvalue weighted by atomic mass is 16.5. The molecule has 1 amide bonds. The first-order valence-corrected chi connectivity index (χ1v) is 9.17. The molecule has 0 bridgehead atoms. The van der Waals surface area contributed by atoms with E-state index < -0.39 is 0 Å². The summed E-state index contributed by atoms with van der Waals surface area (Å²) >= 11 is 0. The smallest absolute Gasteiger partial charge is 0.271 e. The molecule has 0 aliphatic carbocycles. The highest BCUT2D eigenvalue weighted by molar-refractivity contribution is 5.94. The number of pyridine rings is 1. The second kappa shape index (κ2) is 6.53. The number of fused-ring (bicyclic) bond motifs is 2. The van der Waals surface area contributed by atoms with Crippen molar-refractivity contribution in [3.8, 4) is 17.3 Å². The number of hydrogen-bond acceptors (Lipinski definition) is 4. The first-order valence-electron chi connectivity index (χ1n) is 9.17. The summed E-state index contributed by atoms with van der Waals surface area (Å²) in [5.74, 6) is 1.35. The van der Waals surface area contributed by atoms with Gasteiger partial charge in [-0.05, 0) is 30.2 Å². The molecule has 1 atom stereocenters. The Kier molecular flexibility index (Phi) is 3.86. The van der Waals surface area contributed by atoms with E-state index in [1.165, 1.54) is 0 Å². The van der Waals surface area contributed by atoms with E-state index in [9.17, 15) is 4.79 Å². The Morgan fingerprint density at radius 2 is 2.00 bits per heavy atom. The summed E-state index contributed by atoms with van der Waals surface area (Å²) in [5.41, 5.74) is 3.87. The molecular formula is C21H19N5O2. The van der Waals surface area contributed by atoms with Gasteiger partial charge < -0.3 is 19.4 Å². The van der Waals surface area contributed by atoms with Crippen LogP contribution in [-0.2, 0) is 6.42 Å². The van der Waals surface area contributed by atoms with Crippen LogP contribution in [0.5, 0.6) is 5.75 Å². The van der Waals surface area contributed by atoms with Crippen LogP contribution in [0.15, 0.2) is 54.9 Å². The number of nitrogens with one attached hydrogen (secondary N) is 2. The van der Waals surface area contributed by atoms with Gasteiger partial charge in [0.1, 0.15) is 22.8 Å². The number of para-hydroxylation sites is 1. The average molecular weight is 373 g/mol. The van der Waals surface area contributed by atoms with Crippen LogP contribution in [0.4, 0.5) is 0 Å². The third-order valence-electron chi connectivity index (χ3n) is 5.14. The molecule has 3 aromatic heterocycles. The zero-order valence-corrected chi connectivity index (χ0v) is 15.3. The number of aromatic nitrogens is 4. The molecule has 0 fully saturated rings. The maximum absolute atomic E-state index is 12.6. The number of methoxy groups -OCH3 is 1. The summed E-state index contributed by atoms with van der Waals surface area (Å²) in [6.45, 7) is 0.535. The number of carbonyl (C=O) groups excluding carboxylic acids is 1. The summed E-state index contributed by atoms with van der Waals surface area (Å²) in [6, 6.07) is 13.7. The van der Waals surface area contributed by atoms with Gasteiger partial charge in [0.15, 0.2) is 5.82 Å². The minimum absolute atomic E-state index is 0.0933. The molecule has 0 spiro atoms. The van der Waals surface area contributed by atoms with Crippen molar-refractivity contribution in [3.05, 3.63) is 71.8 Å². The van der Waals surface area contributed by atoms with Crippen LogP contribution in [0.25, 0.3) is 17.2 Å². The van der Waals surface area contributed by atoms with Crippen LogP contribution in [0, 0.1) is 0 Å². The van der Waals surface area contributed by atoms with E-state index in [1.54, 1.807) is 7.11 Å². The lowest BCUT2D eigenvalue weighted by Crippen LogP contribution is -2.26. The molecule has 2 N–H and O–H groups in total. The van der Waals surface area contributed by atoms with Crippen molar-refractivity contribution < 1.29 is 9.53 Å². The number of nitrogens with zero attached hydrogens (tertiary/aromatic N) is 3. The fraction of sp³-hybridized carbons (Fsp3) is 0.190. The Morgan fingerprint density at radius 3 is 2.86 bits per heavy atom. The monoisotopic (exact) mass is 373 g/mol. The van der Waals surface area contributed by atoms with E-state index in [1.807, 2.05) is 59.3 Å². The summed E-state index contributed by atoms with van der Waals surface area (Å²) < 4.78 is 7.44. The van der Waals surface area contributed by atoms with Gasteiger partial charge in [0.2, 0.25) is 0 Å². The molecule has 4 aromatic rings. The fourth-order valence-corrected chi connectivity index (χ4v) is 3.76. The molecule has 1 aromatic carbocycles. The van der Waals surface area contributed by atoms with E-state index in [-0.39, 0.29) is 11.8 Å².